The number of rotatable bonds is 3. The molecule has 0 aromatic carbocycles. The molecule has 0 spiro atoms. The molecule has 0 unspecified atom stereocenters. The zero-order valence-electron chi connectivity index (χ0n) is 4.77. The van der Waals surface area contributed by atoms with Crippen molar-refractivity contribution in [3.63, 3.8) is 0 Å². The highest BCUT2D eigenvalue weighted by atomic mass is 19.3. The molecule has 0 N–H and O–H groups in total. The molecule has 0 aliphatic carbocycles. The van der Waals surface area contributed by atoms with Crippen LogP contribution in [0, 0.1) is 0 Å². The first-order chi connectivity index (χ1) is 4.04. The van der Waals surface area contributed by atoms with Gasteiger partial charge in [-0.25, -0.2) is 4.39 Å². The standard InChI is InChI=1S/C4H6F3NO/c1-8(3-9)4(6,7)2-5/h3H,2H2,1H3. The van der Waals surface area contributed by atoms with Crippen LogP contribution in [0.15, 0.2) is 0 Å². The van der Waals surface area contributed by atoms with Crippen LogP contribution in [0.5, 0.6) is 0 Å². The average Bonchev–Trinajstić information content (AvgIpc) is 1.86. The van der Waals surface area contributed by atoms with E-state index >= 15 is 0 Å². The van der Waals surface area contributed by atoms with E-state index < -0.39 is 12.7 Å². The minimum absolute atomic E-state index is 0.0208. The molecule has 0 saturated carbocycles. The number of carbonyl (C=O) groups excluding carboxylic acids is 1. The van der Waals surface area contributed by atoms with Crippen molar-refractivity contribution in [2.45, 2.75) is 6.05 Å². The lowest BCUT2D eigenvalue weighted by atomic mass is 10.5. The highest BCUT2D eigenvalue weighted by Crippen LogP contribution is 2.15. The Hall–Kier alpha value is -0.740. The normalized spacial score (nSPS) is 11.1. The van der Waals surface area contributed by atoms with Gasteiger partial charge in [-0.3, -0.25) is 9.69 Å². The van der Waals surface area contributed by atoms with Gasteiger partial charge >= 0.3 is 6.05 Å². The third-order valence-corrected chi connectivity index (χ3v) is 0.835. The van der Waals surface area contributed by atoms with E-state index in [0.29, 0.717) is 0 Å². The lowest BCUT2D eigenvalue weighted by molar-refractivity contribution is -0.161. The maximum absolute atomic E-state index is 11.9. The minimum atomic E-state index is -3.65. The fourth-order valence-corrected chi connectivity index (χ4v) is 0.171. The van der Waals surface area contributed by atoms with Gasteiger partial charge in [-0.15, -0.1) is 0 Å². The third kappa shape index (κ3) is 1.91. The SMILES string of the molecule is CN(C=O)C(F)(F)CF. The van der Waals surface area contributed by atoms with Crippen LogP contribution in [0.25, 0.3) is 0 Å². The predicted octanol–water partition coefficient (Wildman–Crippen LogP) is 0.637. The Morgan fingerprint density at radius 3 is 2.22 bits per heavy atom. The summed E-state index contributed by atoms with van der Waals surface area (Å²) in [5.74, 6) is 0. The molecule has 0 bridgehead atoms. The summed E-state index contributed by atoms with van der Waals surface area (Å²) >= 11 is 0. The highest BCUT2D eigenvalue weighted by molar-refractivity contribution is 5.47. The molecule has 0 aromatic rings. The lowest BCUT2D eigenvalue weighted by Crippen LogP contribution is -2.39. The number of carbonyl (C=O) groups is 1. The second-order valence-electron chi connectivity index (χ2n) is 1.52. The second kappa shape index (κ2) is 2.70. The number of amides is 1. The zero-order valence-corrected chi connectivity index (χ0v) is 4.77. The quantitative estimate of drug-likeness (QED) is 0.417. The first kappa shape index (κ1) is 8.26. The van der Waals surface area contributed by atoms with Crippen LogP contribution in [0.1, 0.15) is 0 Å². The van der Waals surface area contributed by atoms with Crippen LogP contribution in [0.4, 0.5) is 13.2 Å². The molecule has 9 heavy (non-hydrogen) atoms. The number of alkyl halides is 3. The molecule has 0 aliphatic heterocycles. The summed E-state index contributed by atoms with van der Waals surface area (Å²) < 4.78 is 35.0. The largest absolute Gasteiger partial charge is 0.355 e. The molecule has 0 rings (SSSR count). The van der Waals surface area contributed by atoms with Crippen LogP contribution in [-0.2, 0) is 4.79 Å². The third-order valence-electron chi connectivity index (χ3n) is 0.835. The molecule has 54 valence electrons. The summed E-state index contributed by atoms with van der Waals surface area (Å²) in [6, 6.07) is -3.65. The summed E-state index contributed by atoms with van der Waals surface area (Å²) in [7, 11) is 0.812. The van der Waals surface area contributed by atoms with Gasteiger partial charge in [0.15, 0.2) is 6.67 Å². The maximum atomic E-state index is 11.9. The van der Waals surface area contributed by atoms with Crippen molar-refractivity contribution in [2.75, 3.05) is 13.7 Å². The summed E-state index contributed by atoms with van der Waals surface area (Å²) in [5.41, 5.74) is 0. The fourth-order valence-electron chi connectivity index (χ4n) is 0.171. The first-order valence-electron chi connectivity index (χ1n) is 2.16. The molecule has 1 amide bonds. The molecule has 0 fully saturated rings. The van der Waals surface area contributed by atoms with Crippen molar-refractivity contribution in [3.05, 3.63) is 0 Å². The van der Waals surface area contributed by atoms with E-state index in [1.807, 2.05) is 0 Å². The van der Waals surface area contributed by atoms with Crippen molar-refractivity contribution in [1.29, 1.82) is 0 Å². The zero-order chi connectivity index (χ0) is 7.49. The average molecular weight is 141 g/mol. The first-order valence-corrected chi connectivity index (χ1v) is 2.16. The van der Waals surface area contributed by atoms with Gasteiger partial charge in [-0.2, -0.15) is 8.78 Å². The molecular formula is C4H6F3NO. The molecule has 0 aliphatic rings. The van der Waals surface area contributed by atoms with Gasteiger partial charge in [-0.05, 0) is 0 Å². The number of hydrogen-bond donors (Lipinski definition) is 0. The smallest absolute Gasteiger partial charge is 0.287 e. The molecule has 5 heteroatoms. The molecule has 2 nitrogen and oxygen atoms in total. The van der Waals surface area contributed by atoms with Crippen LogP contribution in [0.3, 0.4) is 0 Å². The summed E-state index contributed by atoms with van der Waals surface area (Å²) in [6.07, 6.45) is -0.125. The molecule has 0 heterocycles. The van der Waals surface area contributed by atoms with Gasteiger partial charge in [0, 0.05) is 7.05 Å². The van der Waals surface area contributed by atoms with Gasteiger partial charge in [0.25, 0.3) is 0 Å². The fraction of sp³-hybridized carbons (Fsp3) is 0.750. The van der Waals surface area contributed by atoms with Crippen LogP contribution in [0.2, 0.25) is 0 Å². The van der Waals surface area contributed by atoms with E-state index in [-0.39, 0.29) is 11.3 Å². The van der Waals surface area contributed by atoms with Crippen LogP contribution < -0.4 is 0 Å². The second-order valence-corrected chi connectivity index (χ2v) is 1.52. The number of halogens is 3. The Morgan fingerprint density at radius 1 is 1.67 bits per heavy atom. The maximum Gasteiger partial charge on any atom is 0.355 e. The van der Waals surface area contributed by atoms with E-state index in [9.17, 15) is 18.0 Å². The molecule has 0 radical (unpaired) electrons. The topological polar surface area (TPSA) is 20.3 Å². The van der Waals surface area contributed by atoms with E-state index in [4.69, 9.17) is 0 Å². The number of hydrogen-bond acceptors (Lipinski definition) is 1. The van der Waals surface area contributed by atoms with Gasteiger partial charge in [0.05, 0.1) is 0 Å². The molecule has 0 atom stereocenters. The van der Waals surface area contributed by atoms with Gasteiger partial charge < -0.3 is 0 Å². The Balaban J connectivity index is 3.95. The monoisotopic (exact) mass is 141 g/mol. The van der Waals surface area contributed by atoms with Crippen molar-refractivity contribution >= 4 is 6.41 Å². The van der Waals surface area contributed by atoms with Gasteiger partial charge in [0.1, 0.15) is 0 Å². The van der Waals surface area contributed by atoms with E-state index in [0.717, 1.165) is 7.05 Å². The molecular weight excluding hydrogens is 135 g/mol. The Bertz CT molecular complexity index is 106. The van der Waals surface area contributed by atoms with Gasteiger partial charge in [0.2, 0.25) is 6.41 Å². The summed E-state index contributed by atoms with van der Waals surface area (Å²) in [4.78, 5) is 9.57. The van der Waals surface area contributed by atoms with E-state index in [1.165, 1.54) is 0 Å². The van der Waals surface area contributed by atoms with Crippen LogP contribution >= 0.6 is 0 Å². The molecule has 0 saturated heterocycles. The summed E-state index contributed by atoms with van der Waals surface area (Å²) in [5, 5.41) is 0. The number of nitrogens with zero attached hydrogens (tertiary/aromatic N) is 1. The highest BCUT2D eigenvalue weighted by Gasteiger charge is 2.33. The summed E-state index contributed by atoms with van der Waals surface area (Å²) in [6.45, 7) is -1.84. The lowest BCUT2D eigenvalue weighted by Gasteiger charge is -2.19. The molecule has 0 aromatic heterocycles. The predicted molar refractivity (Wildman–Crippen MR) is 24.7 cm³/mol. The van der Waals surface area contributed by atoms with Crippen molar-refractivity contribution in [2.24, 2.45) is 0 Å². The van der Waals surface area contributed by atoms with E-state index in [1.54, 1.807) is 0 Å². The minimum Gasteiger partial charge on any atom is -0.287 e. The van der Waals surface area contributed by atoms with E-state index in [2.05, 4.69) is 0 Å². The van der Waals surface area contributed by atoms with Crippen LogP contribution in [-0.4, -0.2) is 31.1 Å². The van der Waals surface area contributed by atoms with Crippen molar-refractivity contribution in [3.8, 4) is 0 Å². The Labute approximate surface area is 50.3 Å². The Morgan fingerprint density at radius 2 is 2.11 bits per heavy atom. The van der Waals surface area contributed by atoms with Crippen molar-refractivity contribution in [1.82, 2.24) is 4.90 Å². The van der Waals surface area contributed by atoms with Gasteiger partial charge in [-0.1, -0.05) is 0 Å². The Kier molecular flexibility index (Phi) is 2.48. The van der Waals surface area contributed by atoms with Crippen molar-refractivity contribution < 1.29 is 18.0 Å².